The SMILES string of the molecule is Cc1cc(N2CCC2)c(Cl)c(F)c1S(=O)(=O)Nc1cccc(F)n1. The van der Waals surface area contributed by atoms with Crippen molar-refractivity contribution in [3.05, 3.63) is 46.6 Å². The first kappa shape index (κ1) is 16.9. The molecule has 1 fully saturated rings. The van der Waals surface area contributed by atoms with Gasteiger partial charge in [-0.05, 0) is 37.1 Å². The van der Waals surface area contributed by atoms with Crippen molar-refractivity contribution in [3.8, 4) is 0 Å². The second kappa shape index (κ2) is 6.18. The largest absolute Gasteiger partial charge is 0.370 e. The smallest absolute Gasteiger partial charge is 0.266 e. The number of halogens is 3. The first-order valence-corrected chi connectivity index (χ1v) is 9.04. The highest BCUT2D eigenvalue weighted by Gasteiger charge is 2.29. The van der Waals surface area contributed by atoms with E-state index in [1.54, 1.807) is 0 Å². The molecule has 3 rings (SSSR count). The molecule has 0 radical (unpaired) electrons. The Morgan fingerprint density at radius 1 is 1.29 bits per heavy atom. The average molecular weight is 374 g/mol. The van der Waals surface area contributed by atoms with E-state index in [4.69, 9.17) is 11.6 Å². The molecule has 1 saturated heterocycles. The molecule has 0 aliphatic carbocycles. The molecule has 0 bridgehead atoms. The number of aryl methyl sites for hydroxylation is 1. The summed E-state index contributed by atoms with van der Waals surface area (Å²) in [5, 5.41) is -0.243. The summed E-state index contributed by atoms with van der Waals surface area (Å²) in [6, 6.07) is 5.17. The summed E-state index contributed by atoms with van der Waals surface area (Å²) in [5.41, 5.74) is 0.684. The number of anilines is 2. The summed E-state index contributed by atoms with van der Waals surface area (Å²) in [6.45, 7) is 2.97. The van der Waals surface area contributed by atoms with E-state index in [1.165, 1.54) is 25.1 Å². The zero-order valence-electron chi connectivity index (χ0n) is 12.7. The van der Waals surface area contributed by atoms with Gasteiger partial charge in [-0.15, -0.1) is 0 Å². The number of hydrogen-bond donors (Lipinski definition) is 1. The lowest BCUT2D eigenvalue weighted by atomic mass is 10.1. The zero-order chi connectivity index (χ0) is 17.5. The van der Waals surface area contributed by atoms with Crippen LogP contribution in [-0.2, 0) is 10.0 Å². The number of sulfonamides is 1. The van der Waals surface area contributed by atoms with E-state index >= 15 is 0 Å². The molecule has 0 amide bonds. The normalized spacial score (nSPS) is 14.4. The minimum Gasteiger partial charge on any atom is -0.370 e. The summed E-state index contributed by atoms with van der Waals surface area (Å²) >= 11 is 6.03. The Balaban J connectivity index is 2.03. The lowest BCUT2D eigenvalue weighted by Crippen LogP contribution is -2.37. The highest BCUT2D eigenvalue weighted by atomic mass is 35.5. The monoisotopic (exact) mass is 373 g/mol. The molecule has 2 aromatic rings. The van der Waals surface area contributed by atoms with Gasteiger partial charge in [0, 0.05) is 13.1 Å². The molecule has 5 nitrogen and oxygen atoms in total. The quantitative estimate of drug-likeness (QED) is 0.835. The summed E-state index contributed by atoms with van der Waals surface area (Å²) in [5.74, 6) is -2.11. The van der Waals surface area contributed by atoms with Gasteiger partial charge in [0.15, 0.2) is 5.82 Å². The van der Waals surface area contributed by atoms with Gasteiger partial charge in [-0.25, -0.2) is 17.8 Å². The zero-order valence-corrected chi connectivity index (χ0v) is 14.3. The first-order chi connectivity index (χ1) is 11.3. The van der Waals surface area contributed by atoms with Crippen LogP contribution in [0, 0.1) is 18.7 Å². The molecule has 1 N–H and O–H groups in total. The number of nitrogens with one attached hydrogen (secondary N) is 1. The second-order valence-corrected chi connectivity index (χ2v) is 7.46. The van der Waals surface area contributed by atoms with E-state index < -0.39 is 26.7 Å². The molecule has 0 saturated carbocycles. The lowest BCUT2D eigenvalue weighted by molar-refractivity contribution is 0.563. The fourth-order valence-corrected chi connectivity index (χ4v) is 4.13. The van der Waals surface area contributed by atoms with Gasteiger partial charge in [0.2, 0.25) is 5.95 Å². The second-order valence-electron chi connectivity index (χ2n) is 5.46. The van der Waals surface area contributed by atoms with Crippen molar-refractivity contribution in [1.82, 2.24) is 4.98 Å². The van der Waals surface area contributed by atoms with Crippen LogP contribution in [0.1, 0.15) is 12.0 Å². The minimum absolute atomic E-state index is 0.211. The third-order valence-electron chi connectivity index (χ3n) is 3.75. The van der Waals surface area contributed by atoms with Crippen LogP contribution in [0.3, 0.4) is 0 Å². The van der Waals surface area contributed by atoms with Gasteiger partial charge in [0.05, 0.1) is 5.69 Å². The molecule has 0 atom stereocenters. The molecule has 1 aromatic carbocycles. The maximum Gasteiger partial charge on any atom is 0.266 e. The van der Waals surface area contributed by atoms with Gasteiger partial charge >= 0.3 is 0 Å². The van der Waals surface area contributed by atoms with Crippen LogP contribution in [0.2, 0.25) is 5.02 Å². The van der Waals surface area contributed by atoms with Gasteiger partial charge in [-0.2, -0.15) is 4.39 Å². The molecular weight excluding hydrogens is 360 g/mol. The van der Waals surface area contributed by atoms with Gasteiger partial charge in [-0.1, -0.05) is 17.7 Å². The highest BCUT2D eigenvalue weighted by molar-refractivity contribution is 7.92. The Labute approximate surface area is 143 Å². The van der Waals surface area contributed by atoms with Crippen LogP contribution in [0.15, 0.2) is 29.2 Å². The third kappa shape index (κ3) is 3.03. The van der Waals surface area contributed by atoms with Crippen LogP contribution < -0.4 is 9.62 Å². The predicted molar refractivity (Wildman–Crippen MR) is 88.0 cm³/mol. The predicted octanol–water partition coefficient (Wildman–Crippen LogP) is 3.33. The van der Waals surface area contributed by atoms with Crippen molar-refractivity contribution in [2.75, 3.05) is 22.7 Å². The Morgan fingerprint density at radius 2 is 2.00 bits per heavy atom. The summed E-state index contributed by atoms with van der Waals surface area (Å²) in [4.78, 5) is 4.72. The first-order valence-electron chi connectivity index (χ1n) is 7.18. The van der Waals surface area contributed by atoms with Crippen molar-refractivity contribution < 1.29 is 17.2 Å². The number of nitrogens with zero attached hydrogens (tertiary/aromatic N) is 2. The van der Waals surface area contributed by atoms with E-state index in [1.807, 2.05) is 4.90 Å². The van der Waals surface area contributed by atoms with E-state index in [2.05, 4.69) is 9.71 Å². The van der Waals surface area contributed by atoms with E-state index in [0.717, 1.165) is 25.6 Å². The Hall–Kier alpha value is -1.93. The fourth-order valence-electron chi connectivity index (χ4n) is 2.49. The van der Waals surface area contributed by atoms with Crippen molar-refractivity contribution in [2.45, 2.75) is 18.2 Å². The Bertz CT molecular complexity index is 902. The van der Waals surface area contributed by atoms with Crippen LogP contribution >= 0.6 is 11.6 Å². The van der Waals surface area contributed by atoms with Gasteiger partial charge in [-0.3, -0.25) is 4.72 Å². The maximum atomic E-state index is 14.6. The molecule has 1 aliphatic rings. The van der Waals surface area contributed by atoms with E-state index in [0.29, 0.717) is 5.69 Å². The molecular formula is C15H14ClF2N3O2S. The highest BCUT2D eigenvalue weighted by Crippen LogP contribution is 2.37. The lowest BCUT2D eigenvalue weighted by Gasteiger charge is -2.34. The molecule has 1 aliphatic heterocycles. The summed E-state index contributed by atoms with van der Waals surface area (Å²) < 4.78 is 54.8. The number of pyridine rings is 1. The Morgan fingerprint density at radius 3 is 2.58 bits per heavy atom. The standard InChI is InChI=1S/C15H14ClF2N3O2S/c1-9-8-10(21-6-3-7-21)13(16)14(18)15(9)24(22,23)20-12-5-2-4-11(17)19-12/h2,4-5,8H,3,6-7H2,1H3,(H,19,20). The summed E-state index contributed by atoms with van der Waals surface area (Å²) in [6.07, 6.45) is 0.976. The van der Waals surface area contributed by atoms with Crippen LogP contribution in [0.25, 0.3) is 0 Å². The van der Waals surface area contributed by atoms with Gasteiger partial charge < -0.3 is 4.90 Å². The Kier molecular flexibility index (Phi) is 4.35. The number of aromatic nitrogens is 1. The summed E-state index contributed by atoms with van der Waals surface area (Å²) in [7, 11) is -4.30. The minimum atomic E-state index is -4.30. The molecule has 128 valence electrons. The van der Waals surface area contributed by atoms with Crippen molar-refractivity contribution >= 4 is 33.1 Å². The van der Waals surface area contributed by atoms with Crippen molar-refractivity contribution in [3.63, 3.8) is 0 Å². The number of benzene rings is 1. The third-order valence-corrected chi connectivity index (χ3v) is 5.62. The van der Waals surface area contributed by atoms with Crippen molar-refractivity contribution in [2.24, 2.45) is 0 Å². The average Bonchev–Trinajstić information content (AvgIpc) is 2.41. The molecule has 9 heteroatoms. The van der Waals surface area contributed by atoms with Crippen LogP contribution in [-0.4, -0.2) is 26.5 Å². The fraction of sp³-hybridized carbons (Fsp3) is 0.267. The van der Waals surface area contributed by atoms with Gasteiger partial charge in [0.1, 0.15) is 15.7 Å². The van der Waals surface area contributed by atoms with E-state index in [9.17, 15) is 17.2 Å². The number of rotatable bonds is 4. The molecule has 0 spiro atoms. The molecule has 2 heterocycles. The van der Waals surface area contributed by atoms with E-state index in [-0.39, 0.29) is 16.4 Å². The number of hydrogen-bond acceptors (Lipinski definition) is 4. The van der Waals surface area contributed by atoms with Gasteiger partial charge in [0.25, 0.3) is 10.0 Å². The topological polar surface area (TPSA) is 62.3 Å². The van der Waals surface area contributed by atoms with Crippen LogP contribution in [0.4, 0.5) is 20.3 Å². The molecule has 24 heavy (non-hydrogen) atoms. The van der Waals surface area contributed by atoms with Crippen molar-refractivity contribution in [1.29, 1.82) is 0 Å². The molecule has 0 unspecified atom stereocenters. The van der Waals surface area contributed by atoms with Crippen LogP contribution in [0.5, 0.6) is 0 Å². The maximum absolute atomic E-state index is 14.6. The molecule has 1 aromatic heterocycles.